The summed E-state index contributed by atoms with van der Waals surface area (Å²) in [4.78, 5) is 16.7. The zero-order valence-corrected chi connectivity index (χ0v) is 15.4. The maximum Gasteiger partial charge on any atom is 0.270 e. The van der Waals surface area contributed by atoms with Crippen LogP contribution in [0.4, 0.5) is 5.69 Å². The summed E-state index contributed by atoms with van der Waals surface area (Å²) in [5, 5.41) is 14.0. The van der Waals surface area contributed by atoms with E-state index in [2.05, 4.69) is 0 Å². The van der Waals surface area contributed by atoms with Gasteiger partial charge in [-0.05, 0) is 41.1 Å². The van der Waals surface area contributed by atoms with Gasteiger partial charge in [-0.25, -0.2) is 4.98 Å². The number of nitro groups is 1. The third-order valence-corrected chi connectivity index (χ3v) is 5.12. The number of thiophene rings is 1. The Morgan fingerprint density at radius 3 is 2.46 bits per heavy atom. The Balaban J connectivity index is 0.00000196. The molecule has 0 atom stereocenters. The molecule has 0 N–H and O–H groups in total. The predicted octanol–water partition coefficient (Wildman–Crippen LogP) is 2.85. The van der Waals surface area contributed by atoms with Gasteiger partial charge in [-0.15, -0.1) is 11.3 Å². The van der Waals surface area contributed by atoms with E-state index in [0.29, 0.717) is 0 Å². The molecule has 4 nitrogen and oxygen atoms in total. The van der Waals surface area contributed by atoms with E-state index in [-0.39, 0.29) is 23.0 Å². The number of fused-ring (bicyclic) bond motifs is 1. The van der Waals surface area contributed by atoms with Crippen molar-refractivity contribution in [1.82, 2.24) is 4.98 Å². The van der Waals surface area contributed by atoms with Crippen LogP contribution in [0, 0.1) is 17.0 Å². The van der Waals surface area contributed by atoms with Crippen LogP contribution >= 0.6 is 11.3 Å². The molecule has 130 valence electrons. The Bertz CT molecular complexity index is 1080. The van der Waals surface area contributed by atoms with E-state index >= 15 is 0 Å². The number of nitrogens with zero attached hydrogens (tertiary/aromatic N) is 2. The number of hydrogen-bond acceptors (Lipinski definition) is 4. The number of hydrogen-bond donors (Lipinski definition) is 0. The fraction of sp³-hybridized carbons (Fsp3) is 0.0500. The molecule has 0 unspecified atom stereocenters. The monoisotopic (exact) mass is 381 g/mol. The van der Waals surface area contributed by atoms with Crippen molar-refractivity contribution in [3.8, 4) is 21.7 Å². The van der Waals surface area contributed by atoms with Crippen molar-refractivity contribution < 1.29 is 17.3 Å². The lowest BCUT2D eigenvalue weighted by atomic mass is 9.94. The lowest BCUT2D eigenvalue weighted by Crippen LogP contribution is -3.00. The molecular formula is C20H14ClN2O2S-. The van der Waals surface area contributed by atoms with Crippen LogP contribution in [-0.4, -0.2) is 9.91 Å². The molecule has 6 heteroatoms. The van der Waals surface area contributed by atoms with Gasteiger partial charge in [0.05, 0.1) is 21.0 Å². The maximum atomic E-state index is 11.2. The minimum atomic E-state index is -0.364. The second kappa shape index (κ2) is 7.23. The molecule has 4 rings (SSSR count). The Labute approximate surface area is 160 Å². The summed E-state index contributed by atoms with van der Waals surface area (Å²) < 4.78 is 0. The Morgan fingerprint density at radius 2 is 1.81 bits per heavy atom. The second-order valence-corrected chi connectivity index (χ2v) is 6.71. The van der Waals surface area contributed by atoms with Crippen LogP contribution in [0.15, 0.2) is 66.0 Å². The van der Waals surface area contributed by atoms with Gasteiger partial charge in [0, 0.05) is 17.5 Å². The molecule has 2 aromatic carbocycles. The number of pyridine rings is 1. The fourth-order valence-electron chi connectivity index (χ4n) is 3.09. The molecule has 0 radical (unpaired) electrons. The molecule has 4 aromatic rings. The van der Waals surface area contributed by atoms with Crippen molar-refractivity contribution in [2.45, 2.75) is 6.92 Å². The number of aromatic nitrogens is 1. The summed E-state index contributed by atoms with van der Waals surface area (Å²) in [5.74, 6) is 0. The van der Waals surface area contributed by atoms with E-state index in [0.717, 1.165) is 38.2 Å². The highest BCUT2D eigenvalue weighted by Gasteiger charge is 2.17. The molecule has 26 heavy (non-hydrogen) atoms. The van der Waals surface area contributed by atoms with Crippen molar-refractivity contribution >= 4 is 27.9 Å². The van der Waals surface area contributed by atoms with Gasteiger partial charge in [0.2, 0.25) is 0 Å². The van der Waals surface area contributed by atoms with Crippen LogP contribution in [-0.2, 0) is 0 Å². The normalized spacial score (nSPS) is 10.5. The van der Waals surface area contributed by atoms with Gasteiger partial charge in [0.15, 0.2) is 0 Å². The van der Waals surface area contributed by atoms with E-state index in [9.17, 15) is 10.1 Å². The first-order valence-corrected chi connectivity index (χ1v) is 8.71. The molecule has 0 saturated carbocycles. The molecule has 2 aromatic heterocycles. The summed E-state index contributed by atoms with van der Waals surface area (Å²) in [6.45, 7) is 2.03. The Kier molecular flexibility index (Phi) is 5.02. The third-order valence-electron chi connectivity index (χ3n) is 4.24. The number of halogens is 1. The Hall–Kier alpha value is -2.76. The molecule has 0 amide bonds. The van der Waals surface area contributed by atoms with E-state index < -0.39 is 0 Å². The van der Waals surface area contributed by atoms with Gasteiger partial charge in [-0.1, -0.05) is 36.4 Å². The second-order valence-electron chi connectivity index (χ2n) is 5.76. The number of non-ortho nitro benzene ring substituents is 1. The minimum absolute atomic E-state index is 0. The van der Waals surface area contributed by atoms with Crippen LogP contribution in [0.5, 0.6) is 0 Å². The van der Waals surface area contributed by atoms with E-state index in [1.807, 2.05) is 54.8 Å². The number of rotatable bonds is 3. The largest absolute Gasteiger partial charge is 1.00 e. The number of benzene rings is 2. The summed E-state index contributed by atoms with van der Waals surface area (Å²) >= 11 is 1.64. The van der Waals surface area contributed by atoms with Gasteiger partial charge in [0.1, 0.15) is 0 Å². The molecule has 0 aliphatic heterocycles. The quantitative estimate of drug-likeness (QED) is 0.405. The Morgan fingerprint density at radius 1 is 1.04 bits per heavy atom. The van der Waals surface area contributed by atoms with Gasteiger partial charge in [0.25, 0.3) is 5.69 Å². The van der Waals surface area contributed by atoms with Crippen LogP contribution in [0.1, 0.15) is 5.56 Å². The SMILES string of the molecule is Cc1c(-c2cccs2)nc2ccc([N+](=O)[O-])cc2c1-c1ccccc1.[Cl-]. The molecule has 0 aliphatic carbocycles. The molecule has 0 spiro atoms. The molecule has 0 bridgehead atoms. The average molecular weight is 382 g/mol. The van der Waals surface area contributed by atoms with Gasteiger partial charge < -0.3 is 12.4 Å². The first-order valence-electron chi connectivity index (χ1n) is 7.83. The van der Waals surface area contributed by atoms with E-state index in [1.54, 1.807) is 23.5 Å². The zero-order valence-electron chi connectivity index (χ0n) is 13.8. The molecule has 0 saturated heterocycles. The highest BCUT2D eigenvalue weighted by molar-refractivity contribution is 7.13. The van der Waals surface area contributed by atoms with Crippen LogP contribution < -0.4 is 12.4 Å². The summed E-state index contributed by atoms with van der Waals surface area (Å²) in [7, 11) is 0. The number of nitro benzene ring substituents is 1. The average Bonchev–Trinajstić information content (AvgIpc) is 3.16. The van der Waals surface area contributed by atoms with Crippen molar-refractivity contribution in [2.75, 3.05) is 0 Å². The van der Waals surface area contributed by atoms with Gasteiger partial charge >= 0.3 is 0 Å². The molecular weight excluding hydrogens is 368 g/mol. The van der Waals surface area contributed by atoms with Gasteiger partial charge in [-0.3, -0.25) is 10.1 Å². The van der Waals surface area contributed by atoms with E-state index in [4.69, 9.17) is 4.98 Å². The van der Waals surface area contributed by atoms with Crippen molar-refractivity contribution in [3.05, 3.63) is 81.7 Å². The van der Waals surface area contributed by atoms with Crippen LogP contribution in [0.2, 0.25) is 0 Å². The standard InChI is InChI=1S/C20H14N2O2S.ClH/c1-13-19(14-6-3-2-4-7-14)16-12-15(22(23)24)9-10-17(16)21-20(13)18-8-5-11-25-18;/h2-12H,1H3;1H/p-1. The lowest BCUT2D eigenvalue weighted by molar-refractivity contribution is -0.384. The maximum absolute atomic E-state index is 11.2. The fourth-order valence-corrected chi connectivity index (χ4v) is 3.86. The first-order chi connectivity index (χ1) is 12.1. The van der Waals surface area contributed by atoms with E-state index in [1.165, 1.54) is 6.07 Å². The summed E-state index contributed by atoms with van der Waals surface area (Å²) in [6.07, 6.45) is 0. The van der Waals surface area contributed by atoms with Crippen molar-refractivity contribution in [2.24, 2.45) is 0 Å². The summed E-state index contributed by atoms with van der Waals surface area (Å²) in [5.41, 5.74) is 4.83. The summed E-state index contributed by atoms with van der Waals surface area (Å²) in [6, 6.07) is 18.9. The smallest absolute Gasteiger partial charge is 0.270 e. The molecule has 0 aliphatic rings. The highest BCUT2D eigenvalue weighted by atomic mass is 35.5. The van der Waals surface area contributed by atoms with Crippen LogP contribution in [0.25, 0.3) is 32.6 Å². The topological polar surface area (TPSA) is 56.0 Å². The van der Waals surface area contributed by atoms with Crippen LogP contribution in [0.3, 0.4) is 0 Å². The predicted molar refractivity (Wildman–Crippen MR) is 102 cm³/mol. The van der Waals surface area contributed by atoms with Crippen molar-refractivity contribution in [1.29, 1.82) is 0 Å². The highest BCUT2D eigenvalue weighted by Crippen LogP contribution is 2.38. The van der Waals surface area contributed by atoms with Crippen molar-refractivity contribution in [3.63, 3.8) is 0 Å². The third kappa shape index (κ3) is 3.07. The minimum Gasteiger partial charge on any atom is -1.00 e. The zero-order chi connectivity index (χ0) is 17.4. The molecule has 0 fully saturated rings. The first kappa shape index (κ1) is 18.0. The lowest BCUT2D eigenvalue weighted by Gasteiger charge is -2.14. The van der Waals surface area contributed by atoms with Gasteiger partial charge in [-0.2, -0.15) is 0 Å². The molecule has 2 heterocycles.